The van der Waals surface area contributed by atoms with Gasteiger partial charge in [0.1, 0.15) is 0 Å². The minimum atomic E-state index is 0.759. The highest BCUT2D eigenvalue weighted by atomic mass is 79.9. The molecule has 1 N–H and O–H groups in total. The average molecular weight is 327 g/mol. The Morgan fingerprint density at radius 3 is 2.79 bits per heavy atom. The number of piperidine rings is 1. The van der Waals surface area contributed by atoms with E-state index in [4.69, 9.17) is 4.74 Å². The molecule has 19 heavy (non-hydrogen) atoms. The van der Waals surface area contributed by atoms with Crippen LogP contribution in [0.5, 0.6) is 0 Å². The number of benzene rings is 1. The number of nitrogens with zero attached hydrogens (tertiary/aromatic N) is 1. The summed E-state index contributed by atoms with van der Waals surface area (Å²) in [5.41, 5.74) is 2.75. The summed E-state index contributed by atoms with van der Waals surface area (Å²) in [5, 5.41) is 3.43. The van der Waals surface area contributed by atoms with Gasteiger partial charge in [0, 0.05) is 43.4 Å². The molecule has 0 radical (unpaired) electrons. The van der Waals surface area contributed by atoms with Gasteiger partial charge in [0.25, 0.3) is 0 Å². The normalized spacial score (nSPS) is 15.8. The molecule has 1 fully saturated rings. The maximum absolute atomic E-state index is 5.07. The van der Waals surface area contributed by atoms with Crippen molar-refractivity contribution in [3.63, 3.8) is 0 Å². The van der Waals surface area contributed by atoms with Crippen molar-refractivity contribution < 1.29 is 4.74 Å². The molecular weight excluding hydrogens is 304 g/mol. The Morgan fingerprint density at radius 2 is 2.05 bits per heavy atom. The van der Waals surface area contributed by atoms with Gasteiger partial charge < -0.3 is 15.0 Å². The molecule has 1 aliphatic heterocycles. The summed E-state index contributed by atoms with van der Waals surface area (Å²) in [4.78, 5) is 2.52. The molecule has 1 heterocycles. The van der Waals surface area contributed by atoms with E-state index in [2.05, 4.69) is 44.3 Å². The van der Waals surface area contributed by atoms with Gasteiger partial charge in [-0.3, -0.25) is 0 Å². The van der Waals surface area contributed by atoms with E-state index in [-0.39, 0.29) is 0 Å². The molecule has 0 amide bonds. The van der Waals surface area contributed by atoms with Gasteiger partial charge in [0.15, 0.2) is 0 Å². The summed E-state index contributed by atoms with van der Waals surface area (Å²) in [5.74, 6) is 0. The van der Waals surface area contributed by atoms with Crippen LogP contribution in [0.2, 0.25) is 0 Å². The largest absolute Gasteiger partial charge is 0.383 e. The third-order valence-electron chi connectivity index (χ3n) is 3.54. The fourth-order valence-corrected chi connectivity index (χ4v) is 2.86. The van der Waals surface area contributed by atoms with Crippen molar-refractivity contribution >= 4 is 21.6 Å². The third kappa shape index (κ3) is 4.48. The lowest BCUT2D eigenvalue weighted by molar-refractivity contribution is 0.199. The maximum Gasteiger partial charge on any atom is 0.0587 e. The number of ether oxygens (including phenoxy) is 1. The van der Waals surface area contributed by atoms with Crippen LogP contribution in [0.3, 0.4) is 0 Å². The van der Waals surface area contributed by atoms with Crippen molar-refractivity contribution in [3.8, 4) is 0 Å². The molecule has 0 unspecified atom stereocenters. The minimum absolute atomic E-state index is 0.759. The van der Waals surface area contributed by atoms with E-state index in [9.17, 15) is 0 Å². The van der Waals surface area contributed by atoms with Crippen LogP contribution >= 0.6 is 15.9 Å². The zero-order valence-corrected chi connectivity index (χ0v) is 13.2. The number of nitrogens with one attached hydrogen (secondary N) is 1. The molecule has 1 saturated heterocycles. The fourth-order valence-electron chi connectivity index (χ4n) is 2.51. The van der Waals surface area contributed by atoms with Crippen LogP contribution in [0.4, 0.5) is 5.69 Å². The topological polar surface area (TPSA) is 24.5 Å². The predicted molar refractivity (Wildman–Crippen MR) is 83.8 cm³/mol. The second-order valence-electron chi connectivity index (χ2n) is 4.99. The molecule has 1 aliphatic rings. The van der Waals surface area contributed by atoms with Gasteiger partial charge in [0.2, 0.25) is 0 Å². The van der Waals surface area contributed by atoms with E-state index in [1.54, 1.807) is 7.11 Å². The Labute approximate surface area is 124 Å². The highest BCUT2D eigenvalue weighted by Gasteiger charge is 2.14. The Bertz CT molecular complexity index is 392. The van der Waals surface area contributed by atoms with Crippen LogP contribution in [-0.2, 0) is 11.3 Å². The lowest BCUT2D eigenvalue weighted by Gasteiger charge is -2.31. The molecule has 1 aromatic rings. The minimum Gasteiger partial charge on any atom is -0.383 e. The second kappa shape index (κ2) is 7.88. The first kappa shape index (κ1) is 14.8. The van der Waals surface area contributed by atoms with Crippen LogP contribution in [0.25, 0.3) is 0 Å². The number of hydrogen-bond donors (Lipinski definition) is 1. The van der Waals surface area contributed by atoms with E-state index in [1.165, 1.54) is 43.6 Å². The monoisotopic (exact) mass is 326 g/mol. The summed E-state index contributed by atoms with van der Waals surface area (Å²) in [6.45, 7) is 4.92. The van der Waals surface area contributed by atoms with Crippen molar-refractivity contribution in [2.45, 2.75) is 25.8 Å². The summed E-state index contributed by atoms with van der Waals surface area (Å²) >= 11 is 3.59. The van der Waals surface area contributed by atoms with E-state index >= 15 is 0 Å². The second-order valence-corrected chi connectivity index (χ2v) is 5.91. The molecule has 0 atom stereocenters. The Morgan fingerprint density at radius 1 is 1.26 bits per heavy atom. The maximum atomic E-state index is 5.07. The first-order valence-electron chi connectivity index (χ1n) is 7.04. The molecule has 1 aromatic carbocycles. The summed E-state index contributed by atoms with van der Waals surface area (Å²) in [7, 11) is 1.74. The Hall–Kier alpha value is -0.580. The molecule has 0 spiro atoms. The smallest absolute Gasteiger partial charge is 0.0587 e. The van der Waals surface area contributed by atoms with Crippen molar-refractivity contribution in [3.05, 3.63) is 28.2 Å². The molecular formula is C15H23BrN2O. The van der Waals surface area contributed by atoms with Crippen LogP contribution in [0, 0.1) is 0 Å². The van der Waals surface area contributed by atoms with E-state index in [0.29, 0.717) is 0 Å². The predicted octanol–water partition coefficient (Wildman–Crippen LogP) is 3.18. The Kier molecular flexibility index (Phi) is 6.14. The first-order valence-corrected chi connectivity index (χ1v) is 7.83. The van der Waals surface area contributed by atoms with Gasteiger partial charge in [-0.1, -0.05) is 22.0 Å². The first-order chi connectivity index (χ1) is 9.31. The molecule has 106 valence electrons. The Balaban J connectivity index is 2.03. The number of hydrogen-bond acceptors (Lipinski definition) is 3. The third-order valence-corrected chi connectivity index (χ3v) is 4.04. The molecule has 0 bridgehead atoms. The number of methoxy groups -OCH3 is 1. The van der Waals surface area contributed by atoms with Crippen LogP contribution in [-0.4, -0.2) is 33.4 Å². The number of rotatable bonds is 6. The highest BCUT2D eigenvalue weighted by molar-refractivity contribution is 9.10. The van der Waals surface area contributed by atoms with E-state index in [0.717, 1.165) is 24.2 Å². The van der Waals surface area contributed by atoms with Crippen molar-refractivity contribution in [1.29, 1.82) is 0 Å². The SMILES string of the molecule is COCCNCc1ccc(Br)cc1N1CCCCC1. The van der Waals surface area contributed by atoms with Gasteiger partial charge in [-0.15, -0.1) is 0 Å². The van der Waals surface area contributed by atoms with Crippen LogP contribution in [0.15, 0.2) is 22.7 Å². The van der Waals surface area contributed by atoms with Crippen LogP contribution < -0.4 is 10.2 Å². The molecule has 3 nitrogen and oxygen atoms in total. The van der Waals surface area contributed by atoms with E-state index < -0.39 is 0 Å². The molecule has 0 aromatic heterocycles. The number of halogens is 1. The van der Waals surface area contributed by atoms with Gasteiger partial charge in [-0.25, -0.2) is 0 Å². The zero-order valence-electron chi connectivity index (χ0n) is 11.6. The molecule has 2 rings (SSSR count). The molecule has 0 saturated carbocycles. The van der Waals surface area contributed by atoms with E-state index in [1.807, 2.05) is 0 Å². The lowest BCUT2D eigenvalue weighted by Crippen LogP contribution is -2.31. The lowest BCUT2D eigenvalue weighted by atomic mass is 10.1. The van der Waals surface area contributed by atoms with Crippen LogP contribution in [0.1, 0.15) is 24.8 Å². The number of anilines is 1. The van der Waals surface area contributed by atoms with Crippen molar-refractivity contribution in [1.82, 2.24) is 5.32 Å². The van der Waals surface area contributed by atoms with Gasteiger partial charge in [0.05, 0.1) is 6.61 Å². The average Bonchev–Trinajstić information content (AvgIpc) is 2.46. The van der Waals surface area contributed by atoms with Crippen molar-refractivity contribution in [2.75, 3.05) is 38.3 Å². The highest BCUT2D eigenvalue weighted by Crippen LogP contribution is 2.27. The van der Waals surface area contributed by atoms with Gasteiger partial charge in [-0.05, 0) is 37.0 Å². The summed E-state index contributed by atoms with van der Waals surface area (Å²) in [6, 6.07) is 6.59. The molecule has 0 aliphatic carbocycles. The fraction of sp³-hybridized carbons (Fsp3) is 0.600. The standard InChI is InChI=1S/C15H23BrN2O/c1-19-10-7-17-12-13-5-6-14(16)11-15(13)18-8-3-2-4-9-18/h5-6,11,17H,2-4,7-10,12H2,1H3. The van der Waals surface area contributed by atoms with Gasteiger partial charge >= 0.3 is 0 Å². The van der Waals surface area contributed by atoms with Crippen molar-refractivity contribution in [2.24, 2.45) is 0 Å². The summed E-state index contributed by atoms with van der Waals surface area (Å²) in [6.07, 6.45) is 3.98. The quantitative estimate of drug-likeness (QED) is 0.812. The van der Waals surface area contributed by atoms with Gasteiger partial charge in [-0.2, -0.15) is 0 Å². The zero-order chi connectivity index (χ0) is 13.5. The summed E-state index contributed by atoms with van der Waals surface area (Å²) < 4.78 is 6.23. The molecule has 4 heteroatoms.